The minimum absolute atomic E-state index is 0.444. The third-order valence-corrected chi connectivity index (χ3v) is 4.07. The van der Waals surface area contributed by atoms with Crippen LogP contribution in [0.3, 0.4) is 0 Å². The van der Waals surface area contributed by atoms with Crippen LogP contribution in [0.5, 0.6) is 0 Å². The second-order valence-corrected chi connectivity index (χ2v) is 5.41. The van der Waals surface area contributed by atoms with Gasteiger partial charge in [-0.1, -0.05) is 27.7 Å². The molecule has 1 rings (SSSR count). The first-order valence-corrected chi connectivity index (χ1v) is 5.89. The van der Waals surface area contributed by atoms with Gasteiger partial charge in [0.1, 0.15) is 0 Å². The second-order valence-electron chi connectivity index (χ2n) is 4.28. The van der Waals surface area contributed by atoms with Gasteiger partial charge in [-0.15, -0.1) is 0 Å². The summed E-state index contributed by atoms with van der Waals surface area (Å²) in [5.74, 6) is 3.47. The zero-order valence-electron chi connectivity index (χ0n) is 8.54. The van der Waals surface area contributed by atoms with Crippen molar-refractivity contribution >= 4 is 17.8 Å². The minimum atomic E-state index is 0.444. The van der Waals surface area contributed by atoms with E-state index in [0.717, 1.165) is 18.4 Å². The highest BCUT2D eigenvalue weighted by Crippen LogP contribution is 2.30. The second kappa shape index (κ2) is 4.57. The Morgan fingerprint density at radius 1 is 1.33 bits per heavy atom. The van der Waals surface area contributed by atoms with E-state index < -0.39 is 0 Å². The van der Waals surface area contributed by atoms with Gasteiger partial charge in [0.25, 0.3) is 0 Å². The van der Waals surface area contributed by atoms with Gasteiger partial charge in [0.15, 0.2) is 0 Å². The lowest BCUT2D eigenvalue weighted by Gasteiger charge is -2.30. The van der Waals surface area contributed by atoms with Crippen molar-refractivity contribution in [2.75, 3.05) is 12.4 Å². The van der Waals surface area contributed by atoms with Gasteiger partial charge < -0.3 is 4.65 Å². The Balaban J connectivity index is 2.30. The average molecular weight is 186 g/mol. The molecular weight excluding hydrogens is 167 g/mol. The van der Waals surface area contributed by atoms with Crippen LogP contribution in [0, 0.1) is 11.8 Å². The molecule has 70 valence electrons. The molecule has 0 aromatic heterocycles. The summed E-state index contributed by atoms with van der Waals surface area (Å²) < 4.78 is 5.78. The first-order chi connectivity index (χ1) is 5.61. The van der Waals surface area contributed by atoms with E-state index >= 15 is 0 Å². The molecule has 0 amide bonds. The van der Waals surface area contributed by atoms with E-state index in [4.69, 9.17) is 4.65 Å². The first kappa shape index (κ1) is 10.5. The van der Waals surface area contributed by atoms with Crippen molar-refractivity contribution in [3.63, 3.8) is 0 Å². The Morgan fingerprint density at radius 2 is 2.00 bits per heavy atom. The summed E-state index contributed by atoms with van der Waals surface area (Å²) >= 11 is 1.99. The SMILES string of the molecule is CC(C)B1OCC(C(C)C)CS1. The molecule has 1 unspecified atom stereocenters. The van der Waals surface area contributed by atoms with Crippen LogP contribution in [0.4, 0.5) is 0 Å². The Bertz CT molecular complexity index is 114. The van der Waals surface area contributed by atoms with Crippen molar-refractivity contribution in [1.82, 2.24) is 0 Å². The lowest BCUT2D eigenvalue weighted by Crippen LogP contribution is -2.32. The average Bonchev–Trinajstić information content (AvgIpc) is 2.04. The predicted octanol–water partition coefficient (Wildman–Crippen LogP) is 2.92. The van der Waals surface area contributed by atoms with Crippen LogP contribution in [0.15, 0.2) is 0 Å². The molecule has 0 bridgehead atoms. The molecule has 1 aliphatic rings. The Labute approximate surface area is 80.6 Å². The molecule has 0 N–H and O–H groups in total. The normalized spacial score (nSPS) is 25.5. The standard InChI is InChI=1S/C9H19BOS/c1-7(2)9-5-11-10(8(3)4)12-6-9/h7-9H,5-6H2,1-4H3. The van der Waals surface area contributed by atoms with E-state index in [1.807, 2.05) is 11.6 Å². The molecule has 1 saturated heterocycles. The molecule has 12 heavy (non-hydrogen) atoms. The number of hydrogen-bond donors (Lipinski definition) is 0. The molecule has 1 atom stereocenters. The highest BCUT2D eigenvalue weighted by atomic mass is 32.2. The lowest BCUT2D eigenvalue weighted by molar-refractivity contribution is 0.224. The van der Waals surface area contributed by atoms with Crippen molar-refractivity contribution in [3.8, 4) is 0 Å². The van der Waals surface area contributed by atoms with Crippen molar-refractivity contribution in [2.24, 2.45) is 11.8 Å². The smallest absolute Gasteiger partial charge is 0.364 e. The summed E-state index contributed by atoms with van der Waals surface area (Å²) in [5.41, 5.74) is 0. The maximum atomic E-state index is 5.78. The van der Waals surface area contributed by atoms with Crippen molar-refractivity contribution in [2.45, 2.75) is 33.5 Å². The molecule has 0 aromatic carbocycles. The zero-order valence-corrected chi connectivity index (χ0v) is 9.36. The van der Waals surface area contributed by atoms with Crippen molar-refractivity contribution in [3.05, 3.63) is 0 Å². The van der Waals surface area contributed by atoms with Gasteiger partial charge in [0.2, 0.25) is 0 Å². The van der Waals surface area contributed by atoms with Crippen LogP contribution < -0.4 is 0 Å². The largest absolute Gasteiger partial charge is 0.425 e. The van der Waals surface area contributed by atoms with Crippen LogP contribution >= 0.6 is 11.6 Å². The van der Waals surface area contributed by atoms with Gasteiger partial charge in [0, 0.05) is 6.61 Å². The highest BCUT2D eigenvalue weighted by molar-refractivity contribution is 8.25. The van der Waals surface area contributed by atoms with E-state index in [0.29, 0.717) is 12.0 Å². The van der Waals surface area contributed by atoms with E-state index in [-0.39, 0.29) is 0 Å². The molecule has 0 aliphatic carbocycles. The molecule has 0 spiro atoms. The van der Waals surface area contributed by atoms with Gasteiger partial charge in [0.05, 0.1) is 0 Å². The summed E-state index contributed by atoms with van der Waals surface area (Å²) in [4.78, 5) is 0. The Morgan fingerprint density at radius 3 is 2.33 bits per heavy atom. The fourth-order valence-electron chi connectivity index (χ4n) is 1.30. The molecule has 0 aromatic rings. The highest BCUT2D eigenvalue weighted by Gasteiger charge is 2.29. The van der Waals surface area contributed by atoms with Gasteiger partial charge in [-0.25, -0.2) is 0 Å². The van der Waals surface area contributed by atoms with E-state index in [1.165, 1.54) is 5.75 Å². The van der Waals surface area contributed by atoms with Gasteiger partial charge in [-0.2, -0.15) is 11.6 Å². The maximum Gasteiger partial charge on any atom is 0.364 e. The maximum absolute atomic E-state index is 5.78. The minimum Gasteiger partial charge on any atom is -0.425 e. The van der Waals surface area contributed by atoms with Gasteiger partial charge in [-0.3, -0.25) is 0 Å². The van der Waals surface area contributed by atoms with E-state index in [2.05, 4.69) is 27.7 Å². The summed E-state index contributed by atoms with van der Waals surface area (Å²) in [6.07, 6.45) is 0.444. The Hall–Kier alpha value is 0.375. The monoisotopic (exact) mass is 186 g/mol. The van der Waals surface area contributed by atoms with Crippen LogP contribution in [0.2, 0.25) is 5.82 Å². The number of rotatable bonds is 2. The quantitative estimate of drug-likeness (QED) is 0.613. The van der Waals surface area contributed by atoms with Crippen LogP contribution in [-0.4, -0.2) is 18.6 Å². The van der Waals surface area contributed by atoms with Crippen LogP contribution in [0.1, 0.15) is 27.7 Å². The fraction of sp³-hybridized carbons (Fsp3) is 1.00. The summed E-state index contributed by atoms with van der Waals surface area (Å²) in [6, 6.07) is 0. The molecule has 1 fully saturated rings. The molecule has 1 aliphatic heterocycles. The molecular formula is C9H19BOS. The van der Waals surface area contributed by atoms with Gasteiger partial charge in [-0.05, 0) is 23.4 Å². The molecule has 0 saturated carbocycles. The van der Waals surface area contributed by atoms with E-state index in [9.17, 15) is 0 Å². The predicted molar refractivity (Wildman–Crippen MR) is 57.6 cm³/mol. The topological polar surface area (TPSA) is 9.23 Å². The zero-order chi connectivity index (χ0) is 9.14. The first-order valence-electron chi connectivity index (χ1n) is 4.84. The molecule has 1 nitrogen and oxygen atoms in total. The fourth-order valence-corrected chi connectivity index (χ4v) is 2.78. The van der Waals surface area contributed by atoms with Crippen LogP contribution in [-0.2, 0) is 4.65 Å². The summed E-state index contributed by atoms with van der Waals surface area (Å²) in [6.45, 7) is 9.99. The summed E-state index contributed by atoms with van der Waals surface area (Å²) in [5, 5.41) is 0. The van der Waals surface area contributed by atoms with E-state index in [1.54, 1.807) is 0 Å². The molecule has 0 radical (unpaired) electrons. The summed E-state index contributed by atoms with van der Waals surface area (Å²) in [7, 11) is 0. The lowest BCUT2D eigenvalue weighted by atomic mass is 9.80. The van der Waals surface area contributed by atoms with Gasteiger partial charge >= 0.3 is 6.19 Å². The van der Waals surface area contributed by atoms with Crippen molar-refractivity contribution < 1.29 is 4.65 Å². The van der Waals surface area contributed by atoms with Crippen molar-refractivity contribution in [1.29, 1.82) is 0 Å². The van der Waals surface area contributed by atoms with Crippen LogP contribution in [0.25, 0.3) is 0 Å². The third-order valence-electron chi connectivity index (χ3n) is 2.44. The Kier molecular flexibility index (Phi) is 3.98. The third kappa shape index (κ3) is 2.70. The molecule has 3 heteroatoms. The molecule has 1 heterocycles. The number of hydrogen-bond acceptors (Lipinski definition) is 2.